The molecule has 1 aliphatic rings. The molecule has 0 saturated carbocycles. The van der Waals surface area contributed by atoms with Crippen LogP contribution in [0.1, 0.15) is 28.3 Å². The first-order valence-corrected chi connectivity index (χ1v) is 6.63. The Morgan fingerprint density at radius 1 is 1.06 bits per heavy atom. The Labute approximate surface area is 109 Å². The van der Waals surface area contributed by atoms with Crippen LogP contribution in [0.2, 0.25) is 0 Å². The number of fused-ring (bicyclic) bond motifs is 1. The minimum atomic E-state index is 0.195. The van der Waals surface area contributed by atoms with E-state index >= 15 is 0 Å². The summed E-state index contributed by atoms with van der Waals surface area (Å²) in [5, 5.41) is 0. The van der Waals surface area contributed by atoms with Gasteiger partial charge in [0.25, 0.3) is 0 Å². The van der Waals surface area contributed by atoms with E-state index in [2.05, 4.69) is 55.5 Å². The topological polar surface area (TPSA) is 26.0 Å². The van der Waals surface area contributed by atoms with Crippen LogP contribution in [-0.4, -0.2) is 0 Å². The molecule has 0 aromatic heterocycles. The molecular formula is C17H19N. The van der Waals surface area contributed by atoms with E-state index in [-0.39, 0.29) is 6.04 Å². The summed E-state index contributed by atoms with van der Waals surface area (Å²) in [6.45, 7) is 2.18. The molecule has 2 atom stereocenters. The minimum absolute atomic E-state index is 0.195. The maximum absolute atomic E-state index is 6.39. The molecule has 0 bridgehead atoms. The summed E-state index contributed by atoms with van der Waals surface area (Å²) >= 11 is 0. The third-order valence-corrected chi connectivity index (χ3v) is 4.15. The predicted octanol–water partition coefficient (Wildman–Crippen LogP) is 3.41. The van der Waals surface area contributed by atoms with Gasteiger partial charge in [0.15, 0.2) is 0 Å². The Bertz CT molecular complexity index is 559. The zero-order chi connectivity index (χ0) is 12.5. The molecule has 92 valence electrons. The van der Waals surface area contributed by atoms with Gasteiger partial charge in [-0.3, -0.25) is 0 Å². The molecule has 1 nitrogen and oxygen atoms in total. The van der Waals surface area contributed by atoms with Gasteiger partial charge in [-0.15, -0.1) is 0 Å². The van der Waals surface area contributed by atoms with Crippen LogP contribution in [0.3, 0.4) is 0 Å². The predicted molar refractivity (Wildman–Crippen MR) is 75.4 cm³/mol. The average Bonchev–Trinajstić information content (AvgIpc) is 2.70. The molecule has 2 N–H and O–H groups in total. The Morgan fingerprint density at radius 2 is 1.78 bits per heavy atom. The fraction of sp³-hybridized carbons (Fsp3) is 0.294. The quantitative estimate of drug-likeness (QED) is 0.851. The van der Waals surface area contributed by atoms with E-state index in [0.29, 0.717) is 5.92 Å². The molecule has 0 saturated heterocycles. The van der Waals surface area contributed by atoms with Crippen molar-refractivity contribution in [1.82, 2.24) is 0 Å². The second-order valence-electron chi connectivity index (χ2n) is 5.32. The second kappa shape index (κ2) is 4.58. The molecule has 3 rings (SSSR count). The van der Waals surface area contributed by atoms with Gasteiger partial charge in [0.1, 0.15) is 0 Å². The summed E-state index contributed by atoms with van der Waals surface area (Å²) in [6.07, 6.45) is 2.20. The third kappa shape index (κ3) is 1.95. The van der Waals surface area contributed by atoms with Crippen LogP contribution < -0.4 is 5.73 Å². The molecular weight excluding hydrogens is 218 g/mol. The molecule has 2 unspecified atom stereocenters. The highest BCUT2D eigenvalue weighted by molar-refractivity contribution is 5.37. The van der Waals surface area contributed by atoms with Crippen LogP contribution in [0.5, 0.6) is 0 Å². The van der Waals surface area contributed by atoms with Crippen molar-refractivity contribution >= 4 is 0 Å². The summed E-state index contributed by atoms with van der Waals surface area (Å²) in [5.74, 6) is 0.545. The van der Waals surface area contributed by atoms with Gasteiger partial charge in [0, 0.05) is 6.04 Å². The van der Waals surface area contributed by atoms with Gasteiger partial charge in [-0.05, 0) is 47.9 Å². The average molecular weight is 237 g/mol. The molecule has 1 heteroatoms. The molecule has 0 aliphatic heterocycles. The van der Waals surface area contributed by atoms with E-state index in [1.165, 1.54) is 22.3 Å². The molecule has 0 amide bonds. The first kappa shape index (κ1) is 11.5. The smallest absolute Gasteiger partial charge is 0.0332 e. The van der Waals surface area contributed by atoms with E-state index in [4.69, 9.17) is 5.73 Å². The van der Waals surface area contributed by atoms with Crippen molar-refractivity contribution in [3.8, 4) is 0 Å². The maximum Gasteiger partial charge on any atom is 0.0332 e. The lowest BCUT2D eigenvalue weighted by Crippen LogP contribution is -2.19. The fourth-order valence-corrected chi connectivity index (χ4v) is 3.03. The van der Waals surface area contributed by atoms with E-state index in [0.717, 1.165) is 12.8 Å². The fourth-order valence-electron chi connectivity index (χ4n) is 3.03. The monoisotopic (exact) mass is 237 g/mol. The molecule has 0 heterocycles. The summed E-state index contributed by atoms with van der Waals surface area (Å²) in [7, 11) is 0. The van der Waals surface area contributed by atoms with Crippen molar-refractivity contribution in [2.24, 2.45) is 11.7 Å². The highest BCUT2D eigenvalue weighted by Gasteiger charge is 2.29. The summed E-state index contributed by atoms with van der Waals surface area (Å²) in [5.41, 5.74) is 12.0. The van der Waals surface area contributed by atoms with E-state index in [1.807, 2.05) is 0 Å². The number of nitrogens with two attached hydrogens (primary N) is 1. The highest BCUT2D eigenvalue weighted by Crippen LogP contribution is 2.36. The van der Waals surface area contributed by atoms with Crippen LogP contribution in [0.25, 0.3) is 0 Å². The molecule has 2 aromatic carbocycles. The first-order valence-electron chi connectivity index (χ1n) is 6.63. The highest BCUT2D eigenvalue weighted by atomic mass is 14.7. The summed E-state index contributed by atoms with van der Waals surface area (Å²) in [4.78, 5) is 0. The van der Waals surface area contributed by atoms with Crippen molar-refractivity contribution in [2.75, 3.05) is 0 Å². The lowest BCUT2D eigenvalue weighted by Gasteiger charge is -2.17. The minimum Gasteiger partial charge on any atom is -0.324 e. The summed E-state index contributed by atoms with van der Waals surface area (Å²) in [6, 6.07) is 17.4. The van der Waals surface area contributed by atoms with Gasteiger partial charge in [0.2, 0.25) is 0 Å². The molecule has 1 aliphatic carbocycles. The molecule has 18 heavy (non-hydrogen) atoms. The van der Waals surface area contributed by atoms with Crippen LogP contribution >= 0.6 is 0 Å². The standard InChI is InChI=1S/C17H19N/c1-12-6-2-3-7-13(12)10-15-11-14-8-4-5-9-16(14)17(15)18/h2-9,15,17H,10-11,18H2,1H3. The van der Waals surface area contributed by atoms with Gasteiger partial charge >= 0.3 is 0 Å². The van der Waals surface area contributed by atoms with Crippen molar-refractivity contribution in [2.45, 2.75) is 25.8 Å². The Hall–Kier alpha value is -1.60. The van der Waals surface area contributed by atoms with Crippen molar-refractivity contribution in [1.29, 1.82) is 0 Å². The van der Waals surface area contributed by atoms with Gasteiger partial charge in [-0.25, -0.2) is 0 Å². The Morgan fingerprint density at radius 3 is 2.56 bits per heavy atom. The van der Waals surface area contributed by atoms with Crippen molar-refractivity contribution < 1.29 is 0 Å². The largest absolute Gasteiger partial charge is 0.324 e. The van der Waals surface area contributed by atoms with Crippen LogP contribution in [0.4, 0.5) is 0 Å². The Kier molecular flexibility index (Phi) is 2.92. The zero-order valence-corrected chi connectivity index (χ0v) is 10.8. The number of benzene rings is 2. The molecule has 0 fully saturated rings. The Balaban J connectivity index is 1.83. The zero-order valence-electron chi connectivity index (χ0n) is 10.8. The number of aryl methyl sites for hydroxylation is 1. The molecule has 0 radical (unpaired) electrons. The lowest BCUT2D eigenvalue weighted by atomic mass is 9.91. The van der Waals surface area contributed by atoms with Crippen molar-refractivity contribution in [3.63, 3.8) is 0 Å². The van der Waals surface area contributed by atoms with Crippen LogP contribution in [-0.2, 0) is 12.8 Å². The normalized spacial score (nSPS) is 21.9. The van der Waals surface area contributed by atoms with Crippen LogP contribution in [0.15, 0.2) is 48.5 Å². The molecule has 2 aromatic rings. The lowest BCUT2D eigenvalue weighted by molar-refractivity contribution is 0.464. The number of hydrogen-bond donors (Lipinski definition) is 1. The van der Waals surface area contributed by atoms with Gasteiger partial charge < -0.3 is 5.73 Å². The van der Waals surface area contributed by atoms with Crippen LogP contribution in [0, 0.1) is 12.8 Å². The van der Waals surface area contributed by atoms with E-state index in [1.54, 1.807) is 0 Å². The summed E-state index contributed by atoms with van der Waals surface area (Å²) < 4.78 is 0. The third-order valence-electron chi connectivity index (χ3n) is 4.15. The SMILES string of the molecule is Cc1ccccc1CC1Cc2ccccc2C1N. The van der Waals surface area contributed by atoms with Gasteiger partial charge in [-0.1, -0.05) is 48.5 Å². The number of rotatable bonds is 2. The number of hydrogen-bond acceptors (Lipinski definition) is 1. The van der Waals surface area contributed by atoms with Gasteiger partial charge in [0.05, 0.1) is 0 Å². The maximum atomic E-state index is 6.39. The van der Waals surface area contributed by atoms with Gasteiger partial charge in [-0.2, -0.15) is 0 Å². The van der Waals surface area contributed by atoms with Crippen molar-refractivity contribution in [3.05, 3.63) is 70.8 Å². The second-order valence-corrected chi connectivity index (χ2v) is 5.32. The molecule has 0 spiro atoms. The first-order chi connectivity index (χ1) is 8.75. The van der Waals surface area contributed by atoms with E-state index < -0.39 is 0 Å². The van der Waals surface area contributed by atoms with E-state index in [9.17, 15) is 0 Å².